The summed E-state index contributed by atoms with van der Waals surface area (Å²) in [4.78, 5) is 34.4. The van der Waals surface area contributed by atoms with Gasteiger partial charge in [-0.25, -0.2) is 9.50 Å². The average Bonchev–Trinajstić information content (AvgIpc) is 2.99. The molecule has 0 aliphatic carbocycles. The average molecular weight is 331 g/mol. The number of imidazole rings is 1. The van der Waals surface area contributed by atoms with Gasteiger partial charge in [0.05, 0.1) is 5.70 Å². The molecule has 7 heteroatoms. The number of nitrogens with one attached hydrogen (secondary N) is 1. The monoisotopic (exact) mass is 331 g/mol. The molecule has 130 valence electrons. The lowest BCUT2D eigenvalue weighted by Gasteiger charge is -1.96. The number of ketones is 1. The van der Waals surface area contributed by atoms with Crippen molar-refractivity contribution in [1.29, 1.82) is 0 Å². The third-order valence-electron chi connectivity index (χ3n) is 2.54. The molecule has 0 aromatic carbocycles. The highest BCUT2D eigenvalue weighted by atomic mass is 16.1. The first kappa shape index (κ1) is 21.2. The topological polar surface area (TPSA) is 92.5 Å². The molecule has 0 amide bonds. The van der Waals surface area contributed by atoms with Crippen LogP contribution < -0.4 is 5.56 Å². The molecule has 0 aliphatic heterocycles. The van der Waals surface area contributed by atoms with E-state index < -0.39 is 5.56 Å². The summed E-state index contributed by atoms with van der Waals surface area (Å²) in [6, 6.07) is 0. The van der Waals surface area contributed by atoms with E-state index in [4.69, 9.17) is 0 Å². The minimum absolute atomic E-state index is 0.0855. The van der Waals surface area contributed by atoms with E-state index in [1.54, 1.807) is 19.2 Å². The number of allylic oxidation sites excluding steroid dienone is 2. The summed E-state index contributed by atoms with van der Waals surface area (Å²) in [5.41, 5.74) is 0.515. The van der Waals surface area contributed by atoms with E-state index in [2.05, 4.69) is 26.6 Å². The zero-order valence-corrected chi connectivity index (χ0v) is 15.1. The highest BCUT2D eigenvalue weighted by molar-refractivity contribution is 5.93. The van der Waals surface area contributed by atoms with Crippen molar-refractivity contribution in [2.45, 2.75) is 41.5 Å². The smallest absolute Gasteiger partial charge is 0.277 e. The van der Waals surface area contributed by atoms with Gasteiger partial charge in [0.2, 0.25) is 0 Å². The number of hydrogen-bond acceptors (Lipinski definition) is 5. The molecule has 0 saturated heterocycles. The van der Waals surface area contributed by atoms with Crippen LogP contribution in [-0.4, -0.2) is 31.6 Å². The number of aromatic amines is 1. The molecule has 0 radical (unpaired) electrons. The third kappa shape index (κ3) is 4.58. The van der Waals surface area contributed by atoms with Crippen LogP contribution in [0.1, 0.15) is 57.9 Å². The number of H-pyrrole nitrogens is 1. The standard InChI is InChI=1S/C13H13N5O2.2C2H6/c1-4-6-9(14-5-2)10-11-13(20)15-7-16-18(11)12(17-10)8(3)19;2*1-2/h4-7H,1H2,2-3H3,(H,15,16,20);2*1-2H3/b9-6-,14-5?;;. The van der Waals surface area contributed by atoms with Crippen LogP contribution in [0.4, 0.5) is 0 Å². The Morgan fingerprint density at radius 2 is 1.96 bits per heavy atom. The van der Waals surface area contributed by atoms with E-state index in [1.807, 2.05) is 27.7 Å². The molecule has 0 atom stereocenters. The van der Waals surface area contributed by atoms with Crippen LogP contribution in [-0.2, 0) is 0 Å². The molecule has 2 aromatic rings. The van der Waals surface area contributed by atoms with E-state index in [0.717, 1.165) is 0 Å². The highest BCUT2D eigenvalue weighted by Gasteiger charge is 2.19. The summed E-state index contributed by atoms with van der Waals surface area (Å²) in [5, 5.41) is 3.96. The molecular formula is C17H25N5O2. The molecule has 0 unspecified atom stereocenters. The van der Waals surface area contributed by atoms with Crippen LogP contribution in [0.2, 0.25) is 0 Å². The van der Waals surface area contributed by atoms with Crippen LogP contribution >= 0.6 is 0 Å². The molecule has 0 saturated carbocycles. The summed E-state index contributed by atoms with van der Waals surface area (Å²) >= 11 is 0. The zero-order chi connectivity index (χ0) is 18.7. The van der Waals surface area contributed by atoms with E-state index in [0.29, 0.717) is 11.4 Å². The van der Waals surface area contributed by atoms with Gasteiger partial charge in [-0.2, -0.15) is 5.10 Å². The van der Waals surface area contributed by atoms with Crippen LogP contribution in [0.3, 0.4) is 0 Å². The molecule has 24 heavy (non-hydrogen) atoms. The van der Waals surface area contributed by atoms with Crippen molar-refractivity contribution in [2.24, 2.45) is 4.99 Å². The normalized spacial score (nSPS) is 10.7. The number of carbonyl (C=O) groups excluding carboxylic acids is 1. The lowest BCUT2D eigenvalue weighted by Crippen LogP contribution is -2.13. The maximum absolute atomic E-state index is 12.0. The highest BCUT2D eigenvalue weighted by Crippen LogP contribution is 2.19. The van der Waals surface area contributed by atoms with Crippen molar-refractivity contribution < 1.29 is 4.79 Å². The Morgan fingerprint density at radius 1 is 1.33 bits per heavy atom. The van der Waals surface area contributed by atoms with Gasteiger partial charge in [-0.15, -0.1) is 0 Å². The second kappa shape index (κ2) is 10.8. The summed E-state index contributed by atoms with van der Waals surface area (Å²) in [6.07, 6.45) is 5.93. The number of aromatic nitrogens is 4. The number of carbonyl (C=O) groups is 1. The van der Waals surface area contributed by atoms with Crippen molar-refractivity contribution in [3.05, 3.63) is 46.9 Å². The SMILES string of the molecule is C=C/C=C(\N=CC)c1nc(C(C)=O)n2nc[nH]c(=O)c12.CC.CC. The maximum atomic E-state index is 12.0. The fraction of sp³-hybridized carbons (Fsp3) is 0.353. The van der Waals surface area contributed by atoms with Gasteiger partial charge in [-0.05, 0) is 13.0 Å². The molecule has 0 bridgehead atoms. The predicted octanol–water partition coefficient (Wildman–Crippen LogP) is 3.29. The van der Waals surface area contributed by atoms with Crippen LogP contribution in [0, 0.1) is 0 Å². The van der Waals surface area contributed by atoms with Crippen LogP contribution in [0.5, 0.6) is 0 Å². The van der Waals surface area contributed by atoms with Crippen LogP contribution in [0.25, 0.3) is 11.2 Å². The van der Waals surface area contributed by atoms with Crippen molar-refractivity contribution in [3.63, 3.8) is 0 Å². The minimum atomic E-state index is -0.392. The summed E-state index contributed by atoms with van der Waals surface area (Å²) in [7, 11) is 0. The molecule has 0 aliphatic rings. The van der Waals surface area contributed by atoms with E-state index in [-0.39, 0.29) is 17.1 Å². The molecule has 7 nitrogen and oxygen atoms in total. The Labute approximate surface area is 141 Å². The quantitative estimate of drug-likeness (QED) is 0.528. The second-order valence-electron chi connectivity index (χ2n) is 3.89. The second-order valence-corrected chi connectivity index (χ2v) is 3.89. The first-order valence-electron chi connectivity index (χ1n) is 7.89. The Balaban J connectivity index is 0.00000123. The van der Waals surface area contributed by atoms with Crippen LogP contribution in [0.15, 0.2) is 34.8 Å². The first-order chi connectivity index (χ1) is 11.6. The van der Waals surface area contributed by atoms with Gasteiger partial charge in [0.15, 0.2) is 17.1 Å². The number of aliphatic imine (C=N–C) groups is 1. The summed E-state index contributed by atoms with van der Waals surface area (Å²) in [5.74, 6) is -0.204. The number of nitrogens with zero attached hydrogens (tertiary/aromatic N) is 4. The molecule has 1 N–H and O–H groups in total. The first-order valence-corrected chi connectivity index (χ1v) is 7.89. The van der Waals surface area contributed by atoms with E-state index in [1.165, 1.54) is 23.8 Å². The van der Waals surface area contributed by atoms with Gasteiger partial charge in [0.25, 0.3) is 5.56 Å². The number of hydrogen-bond donors (Lipinski definition) is 1. The Hall–Kier alpha value is -2.83. The van der Waals surface area contributed by atoms with Gasteiger partial charge < -0.3 is 4.98 Å². The van der Waals surface area contributed by atoms with Crippen molar-refractivity contribution in [3.8, 4) is 0 Å². The molecule has 0 spiro atoms. The Morgan fingerprint density at radius 3 is 2.46 bits per heavy atom. The lowest BCUT2D eigenvalue weighted by atomic mass is 10.2. The lowest BCUT2D eigenvalue weighted by molar-refractivity contribution is 0.100. The summed E-state index contributed by atoms with van der Waals surface area (Å²) in [6.45, 7) is 14.7. The fourth-order valence-corrected chi connectivity index (χ4v) is 1.78. The maximum Gasteiger partial charge on any atom is 0.277 e. The van der Waals surface area contributed by atoms with Crippen molar-refractivity contribution >= 4 is 23.2 Å². The van der Waals surface area contributed by atoms with Gasteiger partial charge in [0.1, 0.15) is 12.0 Å². The number of fused-ring (bicyclic) bond motifs is 1. The zero-order valence-electron chi connectivity index (χ0n) is 15.1. The third-order valence-corrected chi connectivity index (χ3v) is 2.54. The summed E-state index contributed by atoms with van der Waals surface area (Å²) < 4.78 is 1.22. The molecule has 2 aromatic heterocycles. The van der Waals surface area contributed by atoms with E-state index >= 15 is 0 Å². The molecule has 2 heterocycles. The van der Waals surface area contributed by atoms with Gasteiger partial charge in [0, 0.05) is 13.1 Å². The fourth-order valence-electron chi connectivity index (χ4n) is 1.78. The number of rotatable bonds is 4. The predicted molar refractivity (Wildman–Crippen MR) is 98.6 cm³/mol. The number of Topliss-reactive ketones (excluding diaryl/α,β-unsaturated/α-hetero) is 1. The molecule has 2 rings (SSSR count). The van der Waals surface area contributed by atoms with Crippen molar-refractivity contribution in [1.82, 2.24) is 19.6 Å². The Kier molecular flexibility index (Phi) is 9.55. The van der Waals surface area contributed by atoms with Gasteiger partial charge in [-0.1, -0.05) is 40.3 Å². The Bertz CT molecular complexity index is 797. The van der Waals surface area contributed by atoms with E-state index in [9.17, 15) is 9.59 Å². The largest absolute Gasteiger partial charge is 0.310 e. The minimum Gasteiger partial charge on any atom is -0.310 e. The molecular weight excluding hydrogens is 306 g/mol. The molecule has 0 fully saturated rings. The van der Waals surface area contributed by atoms with Crippen molar-refractivity contribution in [2.75, 3.05) is 0 Å². The van der Waals surface area contributed by atoms with Gasteiger partial charge in [-0.3, -0.25) is 14.6 Å². The van der Waals surface area contributed by atoms with Gasteiger partial charge >= 0.3 is 0 Å².